The number of hydrogen-bond donors (Lipinski definition) is 2. The van der Waals surface area contributed by atoms with Crippen molar-refractivity contribution in [2.24, 2.45) is 23.7 Å². The van der Waals surface area contributed by atoms with E-state index in [1.54, 1.807) is 44.5 Å². The Morgan fingerprint density at radius 3 is 2.16 bits per heavy atom. The van der Waals surface area contributed by atoms with Crippen molar-refractivity contribution in [3.63, 3.8) is 0 Å². The molecule has 0 saturated carbocycles. The Hall–Kier alpha value is -3.39. The van der Waals surface area contributed by atoms with Crippen LogP contribution in [0.2, 0.25) is 0 Å². The van der Waals surface area contributed by atoms with Gasteiger partial charge in [0.05, 0.1) is 48.7 Å². The van der Waals surface area contributed by atoms with Crippen molar-refractivity contribution in [3.05, 3.63) is 53.5 Å². The molecule has 1 aromatic rings. The monoisotopic (exact) mass is 787 g/mol. The summed E-state index contributed by atoms with van der Waals surface area (Å²) >= 11 is 1.47. The zero-order valence-electron chi connectivity index (χ0n) is 35.5. The number of hydrogen-bond acceptors (Lipinski definition) is 9. The standard InChI is InChI=1S/C42H70N6O6S/c1-15-19-30(17-3)24-31(41-43-21-23-55-41)44-39(50)29(9)38(54-14)32-20-18-22-48(32)34(49)25-33(53-13)37(28(8)16-2)47(12)42(52)35(26(4)5)45-40(51)36(27(6)7)46(10)11/h15,17,19,21,23,26-29,31-33,35-38H,1,3,16,18,20,22,24-25H2,2,4-14H3,(H,44,50)(H,45,51)/b30-19+/t28-,29+,31-,32-,33+,35-,36?,37-,38+/m0/s1. The fraction of sp³-hybridized carbons (Fsp3) is 0.690. The van der Waals surface area contributed by atoms with Crippen LogP contribution in [-0.2, 0) is 28.7 Å². The smallest absolute Gasteiger partial charge is 0.245 e. The van der Waals surface area contributed by atoms with Crippen LogP contribution >= 0.6 is 11.3 Å². The van der Waals surface area contributed by atoms with Gasteiger partial charge in [-0.05, 0) is 56.7 Å². The summed E-state index contributed by atoms with van der Waals surface area (Å²) in [5.74, 6) is -1.46. The van der Waals surface area contributed by atoms with Gasteiger partial charge in [-0.1, -0.05) is 86.3 Å². The van der Waals surface area contributed by atoms with Crippen LogP contribution in [0.15, 0.2) is 48.5 Å². The third-order valence-electron chi connectivity index (χ3n) is 11.0. The molecule has 1 fully saturated rings. The first-order valence-electron chi connectivity index (χ1n) is 19.7. The van der Waals surface area contributed by atoms with E-state index in [-0.39, 0.29) is 59.9 Å². The van der Waals surface area contributed by atoms with Crippen LogP contribution < -0.4 is 10.6 Å². The lowest BCUT2D eigenvalue weighted by Gasteiger charge is -2.41. The molecule has 0 aliphatic carbocycles. The molecule has 55 heavy (non-hydrogen) atoms. The largest absolute Gasteiger partial charge is 0.379 e. The van der Waals surface area contributed by atoms with Crippen molar-refractivity contribution < 1.29 is 28.7 Å². The van der Waals surface area contributed by atoms with Crippen LogP contribution in [0.3, 0.4) is 0 Å². The van der Waals surface area contributed by atoms with E-state index in [9.17, 15) is 19.2 Å². The normalized spacial score (nSPS) is 19.3. The molecule has 1 unspecified atom stereocenters. The average Bonchev–Trinajstić information content (AvgIpc) is 3.86. The zero-order chi connectivity index (χ0) is 41.6. The molecule has 2 N–H and O–H groups in total. The van der Waals surface area contributed by atoms with Gasteiger partial charge in [0, 0.05) is 39.4 Å². The summed E-state index contributed by atoms with van der Waals surface area (Å²) in [6.45, 7) is 22.0. The first-order valence-corrected chi connectivity index (χ1v) is 20.6. The third kappa shape index (κ3) is 12.8. The Morgan fingerprint density at radius 1 is 1.00 bits per heavy atom. The Balaban J connectivity index is 2.31. The van der Waals surface area contributed by atoms with E-state index in [0.717, 1.165) is 23.4 Å². The Kier molecular flexibility index (Phi) is 20.0. The summed E-state index contributed by atoms with van der Waals surface area (Å²) in [5, 5.41) is 8.89. The number of nitrogens with one attached hydrogen (secondary N) is 2. The second-order valence-corrected chi connectivity index (χ2v) is 16.7. The van der Waals surface area contributed by atoms with Crippen LogP contribution in [0.1, 0.15) is 91.6 Å². The summed E-state index contributed by atoms with van der Waals surface area (Å²) in [7, 11) is 8.62. The fourth-order valence-corrected chi connectivity index (χ4v) is 8.62. The summed E-state index contributed by atoms with van der Waals surface area (Å²) in [6.07, 6.45) is 8.59. The highest BCUT2D eigenvalue weighted by Crippen LogP contribution is 2.31. The zero-order valence-corrected chi connectivity index (χ0v) is 36.4. The van der Waals surface area contributed by atoms with Gasteiger partial charge < -0.3 is 29.9 Å². The maximum absolute atomic E-state index is 14.3. The van der Waals surface area contributed by atoms with Crippen molar-refractivity contribution >= 4 is 35.0 Å². The SMILES string of the molecule is C=C/C=C(\C=C)C[C@H](NC(=O)[C@H](C)[C@@H](OC)[C@@H]1CCCN1C(=O)C[C@@H](OC)[C@H]([C@@H](C)CC)N(C)C(=O)[C@@H](NC(=O)C(C(C)C)N(C)C)C(C)C)c1nccs1. The Morgan fingerprint density at radius 2 is 1.67 bits per heavy atom. The summed E-state index contributed by atoms with van der Waals surface area (Å²) in [6, 6.07) is -2.29. The summed E-state index contributed by atoms with van der Waals surface area (Å²) < 4.78 is 12.1. The molecule has 0 aromatic carbocycles. The van der Waals surface area contributed by atoms with Crippen LogP contribution in [-0.4, -0.2) is 122 Å². The molecule has 2 rings (SSSR count). The van der Waals surface area contributed by atoms with Crippen LogP contribution in [0, 0.1) is 23.7 Å². The second-order valence-electron chi connectivity index (χ2n) is 15.8. The van der Waals surface area contributed by atoms with Gasteiger partial charge in [-0.25, -0.2) is 4.98 Å². The molecule has 0 bridgehead atoms. The number of nitrogens with zero attached hydrogens (tertiary/aromatic N) is 4. The van der Waals surface area contributed by atoms with Crippen molar-refractivity contribution in [1.29, 1.82) is 0 Å². The number of methoxy groups -OCH3 is 2. The molecule has 9 atom stereocenters. The van der Waals surface area contributed by atoms with Crippen molar-refractivity contribution in [3.8, 4) is 0 Å². The molecule has 12 nitrogen and oxygen atoms in total. The Bertz CT molecular complexity index is 1420. The number of amides is 4. The number of aromatic nitrogens is 1. The predicted octanol–water partition coefficient (Wildman–Crippen LogP) is 5.64. The van der Waals surface area contributed by atoms with E-state index in [1.807, 2.05) is 70.0 Å². The van der Waals surface area contributed by atoms with Crippen molar-refractivity contribution in [1.82, 2.24) is 30.3 Å². The minimum Gasteiger partial charge on any atom is -0.379 e. The minimum atomic E-state index is -0.756. The van der Waals surface area contributed by atoms with Gasteiger partial charge in [-0.15, -0.1) is 11.3 Å². The molecule has 0 radical (unpaired) electrons. The lowest BCUT2D eigenvalue weighted by molar-refractivity contribution is -0.148. The van der Waals surface area contributed by atoms with Crippen molar-refractivity contribution in [2.75, 3.05) is 41.9 Å². The fourth-order valence-electron chi connectivity index (χ4n) is 7.93. The van der Waals surface area contributed by atoms with Crippen LogP contribution in [0.5, 0.6) is 0 Å². The van der Waals surface area contributed by atoms with Crippen molar-refractivity contribution in [2.45, 2.75) is 123 Å². The maximum atomic E-state index is 14.3. The van der Waals surface area contributed by atoms with Crippen LogP contribution in [0.25, 0.3) is 0 Å². The van der Waals surface area contributed by atoms with Gasteiger partial charge in [0.15, 0.2) is 0 Å². The molecule has 4 amide bonds. The summed E-state index contributed by atoms with van der Waals surface area (Å²) in [4.78, 5) is 65.7. The topological polar surface area (TPSA) is 133 Å². The van der Waals surface area contributed by atoms with E-state index >= 15 is 0 Å². The number of thiazole rings is 1. The molecule has 13 heteroatoms. The number of allylic oxidation sites excluding steroid dienone is 3. The first kappa shape index (κ1) is 47.8. The number of carbonyl (C=O) groups excluding carboxylic acids is 4. The molecular formula is C42H70N6O6S. The predicted molar refractivity (Wildman–Crippen MR) is 221 cm³/mol. The van der Waals surface area contributed by atoms with Gasteiger partial charge >= 0.3 is 0 Å². The number of ether oxygens (including phenoxy) is 2. The van der Waals surface area contributed by atoms with Gasteiger partial charge in [-0.2, -0.15) is 0 Å². The lowest BCUT2D eigenvalue weighted by Crippen LogP contribution is -2.59. The number of rotatable bonds is 23. The van der Waals surface area contributed by atoms with E-state index in [2.05, 4.69) is 42.6 Å². The number of likely N-dealkylation sites (N-methyl/N-ethyl adjacent to an activating group) is 2. The highest BCUT2D eigenvalue weighted by molar-refractivity contribution is 7.09. The Labute approximate surface area is 335 Å². The average molecular weight is 787 g/mol. The minimum absolute atomic E-state index is 0.0149. The molecule has 1 saturated heterocycles. The van der Waals surface area contributed by atoms with E-state index < -0.39 is 36.3 Å². The maximum Gasteiger partial charge on any atom is 0.245 e. The van der Waals surface area contributed by atoms with E-state index in [1.165, 1.54) is 11.3 Å². The van der Waals surface area contributed by atoms with Gasteiger partial charge in [-0.3, -0.25) is 24.1 Å². The van der Waals surface area contributed by atoms with Gasteiger partial charge in [0.25, 0.3) is 0 Å². The molecular weight excluding hydrogens is 717 g/mol. The number of likely N-dealkylation sites (tertiary alicyclic amines) is 1. The molecule has 0 spiro atoms. The van der Waals surface area contributed by atoms with Gasteiger partial charge in [0.1, 0.15) is 11.0 Å². The quantitative estimate of drug-likeness (QED) is 0.136. The third-order valence-corrected chi connectivity index (χ3v) is 11.9. The molecule has 1 aliphatic rings. The summed E-state index contributed by atoms with van der Waals surface area (Å²) in [5.41, 5.74) is 0.920. The molecule has 1 aromatic heterocycles. The lowest BCUT2D eigenvalue weighted by atomic mass is 9.89. The van der Waals surface area contributed by atoms with E-state index in [0.29, 0.717) is 19.4 Å². The highest BCUT2D eigenvalue weighted by Gasteiger charge is 2.43. The second kappa shape index (κ2) is 23.0. The number of carbonyl (C=O) groups is 4. The van der Waals surface area contributed by atoms with Crippen LogP contribution in [0.4, 0.5) is 0 Å². The highest BCUT2D eigenvalue weighted by atomic mass is 32.1. The van der Waals surface area contributed by atoms with E-state index in [4.69, 9.17) is 9.47 Å². The molecule has 310 valence electrons. The van der Waals surface area contributed by atoms with Gasteiger partial charge in [0.2, 0.25) is 23.6 Å². The first-order chi connectivity index (χ1) is 26.0. The molecule has 2 heterocycles. The molecule has 1 aliphatic heterocycles.